The fraction of sp³-hybridized carbons (Fsp3) is 0.467. The SMILES string of the molecule is Cc1cccc2c(=O)[nH]c(CN(C)C3CCNC3)nc12. The Kier molecular flexibility index (Phi) is 3.54. The van der Waals surface area contributed by atoms with Crippen LogP contribution in [0.3, 0.4) is 0 Å². The van der Waals surface area contributed by atoms with E-state index < -0.39 is 0 Å². The normalized spacial score (nSPS) is 19.1. The van der Waals surface area contributed by atoms with Crippen molar-refractivity contribution >= 4 is 10.9 Å². The highest BCUT2D eigenvalue weighted by Gasteiger charge is 2.20. The van der Waals surface area contributed by atoms with Gasteiger partial charge in [0, 0.05) is 12.6 Å². The van der Waals surface area contributed by atoms with E-state index >= 15 is 0 Å². The first kappa shape index (κ1) is 13.3. The smallest absolute Gasteiger partial charge is 0.258 e. The first-order chi connectivity index (χ1) is 9.65. The summed E-state index contributed by atoms with van der Waals surface area (Å²) in [5.41, 5.74) is 1.80. The molecule has 1 aromatic heterocycles. The minimum Gasteiger partial charge on any atom is -0.315 e. The third-order valence-electron chi connectivity index (χ3n) is 4.04. The van der Waals surface area contributed by atoms with E-state index in [0.717, 1.165) is 36.4 Å². The molecule has 2 aromatic rings. The average molecular weight is 272 g/mol. The monoisotopic (exact) mass is 272 g/mol. The van der Waals surface area contributed by atoms with Gasteiger partial charge in [-0.25, -0.2) is 4.98 Å². The van der Waals surface area contributed by atoms with Crippen LogP contribution in [0.15, 0.2) is 23.0 Å². The van der Waals surface area contributed by atoms with Gasteiger partial charge in [-0.3, -0.25) is 9.69 Å². The second-order valence-electron chi connectivity index (χ2n) is 5.55. The van der Waals surface area contributed by atoms with Crippen LogP contribution < -0.4 is 10.9 Å². The number of aryl methyl sites for hydroxylation is 1. The van der Waals surface area contributed by atoms with Crippen molar-refractivity contribution in [2.24, 2.45) is 0 Å². The Labute approximate surface area is 118 Å². The van der Waals surface area contributed by atoms with Crippen LogP contribution in [0.5, 0.6) is 0 Å². The van der Waals surface area contributed by atoms with Gasteiger partial charge in [0.15, 0.2) is 0 Å². The summed E-state index contributed by atoms with van der Waals surface area (Å²) in [6.07, 6.45) is 1.15. The molecule has 3 rings (SSSR count). The molecule has 5 heteroatoms. The molecule has 1 fully saturated rings. The summed E-state index contributed by atoms with van der Waals surface area (Å²) in [7, 11) is 2.08. The van der Waals surface area contributed by atoms with Crippen LogP contribution in [0.4, 0.5) is 0 Å². The lowest BCUT2D eigenvalue weighted by atomic mass is 10.1. The molecule has 1 unspecified atom stereocenters. The molecule has 2 heterocycles. The van der Waals surface area contributed by atoms with E-state index in [-0.39, 0.29) is 5.56 Å². The van der Waals surface area contributed by atoms with Crippen molar-refractivity contribution in [3.8, 4) is 0 Å². The Balaban J connectivity index is 1.92. The van der Waals surface area contributed by atoms with E-state index in [1.165, 1.54) is 0 Å². The van der Waals surface area contributed by atoms with Crippen LogP contribution in [0.1, 0.15) is 17.8 Å². The quantitative estimate of drug-likeness (QED) is 0.876. The van der Waals surface area contributed by atoms with E-state index in [4.69, 9.17) is 0 Å². The molecule has 2 N–H and O–H groups in total. The van der Waals surface area contributed by atoms with E-state index in [2.05, 4.69) is 27.2 Å². The fourth-order valence-corrected chi connectivity index (χ4v) is 2.81. The summed E-state index contributed by atoms with van der Waals surface area (Å²) >= 11 is 0. The number of aromatic nitrogens is 2. The predicted octanol–water partition coefficient (Wildman–Crippen LogP) is 1.03. The molecule has 0 bridgehead atoms. The number of H-pyrrole nitrogens is 1. The molecule has 106 valence electrons. The van der Waals surface area contributed by atoms with Gasteiger partial charge in [0.25, 0.3) is 5.56 Å². The molecule has 0 radical (unpaired) electrons. The van der Waals surface area contributed by atoms with Crippen LogP contribution in [0.25, 0.3) is 10.9 Å². The molecule has 1 aromatic carbocycles. The Hall–Kier alpha value is -1.72. The second kappa shape index (κ2) is 5.34. The molecule has 0 aliphatic carbocycles. The number of hydrogen-bond donors (Lipinski definition) is 2. The van der Waals surface area contributed by atoms with E-state index in [9.17, 15) is 4.79 Å². The van der Waals surface area contributed by atoms with Gasteiger partial charge < -0.3 is 10.3 Å². The number of likely N-dealkylation sites (N-methyl/N-ethyl adjacent to an activating group) is 1. The van der Waals surface area contributed by atoms with Gasteiger partial charge in [-0.15, -0.1) is 0 Å². The van der Waals surface area contributed by atoms with Crippen molar-refractivity contribution in [3.05, 3.63) is 39.9 Å². The van der Waals surface area contributed by atoms with Gasteiger partial charge in [0.2, 0.25) is 0 Å². The summed E-state index contributed by atoms with van der Waals surface area (Å²) in [5.74, 6) is 0.742. The highest BCUT2D eigenvalue weighted by Crippen LogP contribution is 2.13. The van der Waals surface area contributed by atoms with Crippen LogP contribution in [-0.2, 0) is 6.54 Å². The summed E-state index contributed by atoms with van der Waals surface area (Å²) in [6.45, 7) is 4.73. The molecule has 20 heavy (non-hydrogen) atoms. The molecular weight excluding hydrogens is 252 g/mol. The number of fused-ring (bicyclic) bond motifs is 1. The van der Waals surface area contributed by atoms with Crippen molar-refractivity contribution in [1.29, 1.82) is 0 Å². The Morgan fingerprint density at radius 1 is 1.45 bits per heavy atom. The Bertz CT molecular complexity index is 673. The van der Waals surface area contributed by atoms with Crippen LogP contribution in [0, 0.1) is 6.92 Å². The third-order valence-corrected chi connectivity index (χ3v) is 4.04. The van der Waals surface area contributed by atoms with E-state index in [1.54, 1.807) is 0 Å². The number of rotatable bonds is 3. The summed E-state index contributed by atoms with van der Waals surface area (Å²) < 4.78 is 0. The summed E-state index contributed by atoms with van der Waals surface area (Å²) in [4.78, 5) is 21.9. The number of aromatic amines is 1. The lowest BCUT2D eigenvalue weighted by Gasteiger charge is -2.22. The first-order valence-electron chi connectivity index (χ1n) is 7.04. The van der Waals surface area contributed by atoms with Crippen molar-refractivity contribution in [2.45, 2.75) is 25.9 Å². The Morgan fingerprint density at radius 2 is 2.30 bits per heavy atom. The molecule has 1 aliphatic heterocycles. The fourth-order valence-electron chi connectivity index (χ4n) is 2.81. The number of para-hydroxylation sites is 1. The van der Waals surface area contributed by atoms with Crippen molar-refractivity contribution < 1.29 is 0 Å². The van der Waals surface area contributed by atoms with Gasteiger partial charge >= 0.3 is 0 Å². The van der Waals surface area contributed by atoms with Gasteiger partial charge in [-0.2, -0.15) is 0 Å². The molecule has 1 aliphatic rings. The average Bonchev–Trinajstić information content (AvgIpc) is 2.94. The third kappa shape index (κ3) is 2.46. The maximum Gasteiger partial charge on any atom is 0.258 e. The predicted molar refractivity (Wildman–Crippen MR) is 79.8 cm³/mol. The summed E-state index contributed by atoms with van der Waals surface area (Å²) in [6, 6.07) is 6.23. The zero-order valence-corrected chi connectivity index (χ0v) is 11.9. The maximum absolute atomic E-state index is 12.1. The molecule has 0 saturated carbocycles. The van der Waals surface area contributed by atoms with Crippen LogP contribution in [-0.4, -0.2) is 41.0 Å². The maximum atomic E-state index is 12.1. The number of hydrogen-bond acceptors (Lipinski definition) is 4. The highest BCUT2D eigenvalue weighted by molar-refractivity contribution is 5.80. The zero-order valence-electron chi connectivity index (χ0n) is 11.9. The molecule has 5 nitrogen and oxygen atoms in total. The van der Waals surface area contributed by atoms with E-state index in [0.29, 0.717) is 18.0 Å². The lowest BCUT2D eigenvalue weighted by Crippen LogP contribution is -2.34. The highest BCUT2D eigenvalue weighted by atomic mass is 16.1. The largest absolute Gasteiger partial charge is 0.315 e. The van der Waals surface area contributed by atoms with E-state index in [1.807, 2.05) is 25.1 Å². The minimum absolute atomic E-state index is 0.0494. The standard InChI is InChI=1S/C15H20N4O/c1-10-4-3-5-12-14(10)17-13(18-15(12)20)9-19(2)11-6-7-16-8-11/h3-5,11,16H,6-9H2,1-2H3,(H,17,18,20). The molecule has 1 atom stereocenters. The van der Waals surface area contributed by atoms with Gasteiger partial charge in [-0.05, 0) is 38.6 Å². The van der Waals surface area contributed by atoms with Crippen molar-refractivity contribution in [2.75, 3.05) is 20.1 Å². The van der Waals surface area contributed by atoms with Crippen LogP contribution >= 0.6 is 0 Å². The topological polar surface area (TPSA) is 61.0 Å². The number of nitrogens with one attached hydrogen (secondary N) is 2. The number of benzene rings is 1. The summed E-state index contributed by atoms with van der Waals surface area (Å²) in [5, 5.41) is 4.02. The second-order valence-corrected chi connectivity index (χ2v) is 5.55. The Morgan fingerprint density at radius 3 is 3.05 bits per heavy atom. The van der Waals surface area contributed by atoms with Crippen molar-refractivity contribution in [1.82, 2.24) is 20.2 Å². The molecule has 0 spiro atoms. The molecule has 0 amide bonds. The number of nitrogens with zero attached hydrogens (tertiary/aromatic N) is 2. The van der Waals surface area contributed by atoms with Crippen molar-refractivity contribution in [3.63, 3.8) is 0 Å². The van der Waals surface area contributed by atoms with Gasteiger partial charge in [0.1, 0.15) is 5.82 Å². The first-order valence-corrected chi connectivity index (χ1v) is 7.04. The lowest BCUT2D eigenvalue weighted by molar-refractivity contribution is 0.243. The van der Waals surface area contributed by atoms with Crippen LogP contribution in [0.2, 0.25) is 0 Å². The molecule has 1 saturated heterocycles. The zero-order chi connectivity index (χ0) is 14.1. The molecular formula is C15H20N4O. The minimum atomic E-state index is -0.0494. The van der Waals surface area contributed by atoms with Gasteiger partial charge in [-0.1, -0.05) is 12.1 Å². The van der Waals surface area contributed by atoms with Gasteiger partial charge in [0.05, 0.1) is 17.4 Å².